The van der Waals surface area contributed by atoms with Gasteiger partial charge in [-0.3, -0.25) is 4.79 Å². The fourth-order valence-corrected chi connectivity index (χ4v) is 4.40. The van der Waals surface area contributed by atoms with Gasteiger partial charge in [0, 0.05) is 12.3 Å². The summed E-state index contributed by atoms with van der Waals surface area (Å²) < 4.78 is 11.5. The van der Waals surface area contributed by atoms with Crippen molar-refractivity contribution in [1.82, 2.24) is 0 Å². The van der Waals surface area contributed by atoms with Gasteiger partial charge in [-0.1, -0.05) is 31.6 Å². The maximum Gasteiger partial charge on any atom is 0.165 e. The number of allylic oxidation sites excluding steroid dienone is 4. The first-order chi connectivity index (χ1) is 10.3. The summed E-state index contributed by atoms with van der Waals surface area (Å²) in [5.41, 5.74) is 1.46. The van der Waals surface area contributed by atoms with Gasteiger partial charge in [-0.05, 0) is 50.0 Å². The zero-order valence-corrected chi connectivity index (χ0v) is 14.2. The summed E-state index contributed by atoms with van der Waals surface area (Å²) in [5, 5.41) is 0. The third-order valence-electron chi connectivity index (χ3n) is 5.91. The van der Waals surface area contributed by atoms with Crippen molar-refractivity contribution < 1.29 is 14.3 Å². The second kappa shape index (κ2) is 5.61. The third-order valence-corrected chi connectivity index (χ3v) is 5.91. The van der Waals surface area contributed by atoms with E-state index in [9.17, 15) is 4.79 Å². The maximum absolute atomic E-state index is 12.6. The van der Waals surface area contributed by atoms with E-state index >= 15 is 0 Å². The van der Waals surface area contributed by atoms with Crippen LogP contribution < -0.4 is 0 Å². The second-order valence-electron chi connectivity index (χ2n) is 7.85. The van der Waals surface area contributed by atoms with E-state index in [4.69, 9.17) is 9.47 Å². The molecule has 0 radical (unpaired) electrons. The standard InChI is InChI=1S/C19H28O3/c1-13-5-6-15-17(16(20)8-9-18(15,2)3)14(13)7-10-19(4)21-11-12-22-19/h5,8-9,14-15,17H,6-7,10-12H2,1-4H3/t14-,15+,17+/m0/s1. The lowest BCUT2D eigenvalue weighted by Crippen LogP contribution is -2.43. The van der Waals surface area contributed by atoms with Gasteiger partial charge >= 0.3 is 0 Å². The summed E-state index contributed by atoms with van der Waals surface area (Å²) in [6.45, 7) is 10.1. The first-order valence-electron chi connectivity index (χ1n) is 8.50. The molecule has 3 rings (SSSR count). The number of hydrogen-bond donors (Lipinski definition) is 0. The van der Waals surface area contributed by atoms with Gasteiger partial charge in [0.15, 0.2) is 11.6 Å². The molecule has 0 aromatic carbocycles. The minimum atomic E-state index is -0.462. The smallest absolute Gasteiger partial charge is 0.165 e. The summed E-state index contributed by atoms with van der Waals surface area (Å²) >= 11 is 0. The van der Waals surface area contributed by atoms with Crippen molar-refractivity contribution in [2.45, 2.75) is 52.7 Å². The van der Waals surface area contributed by atoms with Crippen LogP contribution in [0.15, 0.2) is 23.8 Å². The van der Waals surface area contributed by atoms with Gasteiger partial charge in [0.1, 0.15) is 0 Å². The number of fused-ring (bicyclic) bond motifs is 1. The lowest BCUT2D eigenvalue weighted by molar-refractivity contribution is -0.151. The van der Waals surface area contributed by atoms with Crippen LogP contribution >= 0.6 is 0 Å². The van der Waals surface area contributed by atoms with Crippen molar-refractivity contribution in [3.05, 3.63) is 23.8 Å². The molecule has 122 valence electrons. The van der Waals surface area contributed by atoms with E-state index in [2.05, 4.69) is 32.9 Å². The van der Waals surface area contributed by atoms with Gasteiger partial charge in [-0.25, -0.2) is 0 Å². The lowest BCUT2D eigenvalue weighted by Gasteiger charge is -2.46. The number of ketones is 1. The van der Waals surface area contributed by atoms with Crippen molar-refractivity contribution in [3.63, 3.8) is 0 Å². The highest BCUT2D eigenvalue weighted by Gasteiger charge is 2.46. The summed E-state index contributed by atoms with van der Waals surface area (Å²) in [4.78, 5) is 12.6. The Labute approximate surface area is 133 Å². The molecule has 0 amide bonds. The monoisotopic (exact) mass is 304 g/mol. The van der Waals surface area contributed by atoms with Crippen LogP contribution in [0.3, 0.4) is 0 Å². The number of hydrogen-bond acceptors (Lipinski definition) is 3. The number of rotatable bonds is 3. The van der Waals surface area contributed by atoms with Crippen molar-refractivity contribution in [2.75, 3.05) is 13.2 Å². The summed E-state index contributed by atoms with van der Waals surface area (Å²) in [6.07, 6.45) is 9.09. The van der Waals surface area contributed by atoms with Gasteiger partial charge in [-0.2, -0.15) is 0 Å². The Hall–Kier alpha value is -0.930. The Bertz CT molecular complexity index is 509. The molecule has 0 spiro atoms. The average Bonchev–Trinajstić information content (AvgIpc) is 2.89. The molecule has 3 nitrogen and oxygen atoms in total. The molecule has 1 saturated heterocycles. The minimum Gasteiger partial charge on any atom is -0.348 e. The van der Waals surface area contributed by atoms with Crippen molar-refractivity contribution in [3.8, 4) is 0 Å². The predicted octanol–water partition coefficient (Wildman–Crippen LogP) is 3.89. The van der Waals surface area contributed by atoms with Crippen LogP contribution in [0.1, 0.15) is 47.0 Å². The van der Waals surface area contributed by atoms with Gasteiger partial charge < -0.3 is 9.47 Å². The molecule has 0 aromatic heterocycles. The molecule has 1 fully saturated rings. The zero-order valence-electron chi connectivity index (χ0n) is 14.2. The molecule has 3 aliphatic rings. The van der Waals surface area contributed by atoms with Gasteiger partial charge in [0.25, 0.3) is 0 Å². The van der Waals surface area contributed by atoms with Crippen LogP contribution in [0, 0.1) is 23.2 Å². The first kappa shape index (κ1) is 15.9. The molecule has 3 heteroatoms. The summed E-state index contributed by atoms with van der Waals surface area (Å²) in [6, 6.07) is 0. The number of carbonyl (C=O) groups is 1. The Morgan fingerprint density at radius 2 is 1.91 bits per heavy atom. The van der Waals surface area contributed by atoms with Gasteiger partial charge in [0.05, 0.1) is 13.2 Å². The molecular weight excluding hydrogens is 276 g/mol. The van der Waals surface area contributed by atoms with E-state index in [0.717, 1.165) is 19.3 Å². The zero-order chi connectivity index (χ0) is 16.0. The largest absolute Gasteiger partial charge is 0.348 e. The number of ether oxygens (including phenoxy) is 2. The van der Waals surface area contributed by atoms with E-state index in [-0.39, 0.29) is 11.3 Å². The molecular formula is C19H28O3. The van der Waals surface area contributed by atoms with Crippen molar-refractivity contribution in [2.24, 2.45) is 23.2 Å². The van der Waals surface area contributed by atoms with Crippen LogP contribution in [-0.2, 0) is 14.3 Å². The van der Waals surface area contributed by atoms with Gasteiger partial charge in [0.2, 0.25) is 0 Å². The summed E-state index contributed by atoms with van der Waals surface area (Å²) in [7, 11) is 0. The first-order valence-corrected chi connectivity index (χ1v) is 8.50. The predicted molar refractivity (Wildman–Crippen MR) is 86.3 cm³/mol. The highest BCUT2D eigenvalue weighted by molar-refractivity contribution is 5.93. The molecule has 1 aliphatic heterocycles. The second-order valence-corrected chi connectivity index (χ2v) is 7.85. The quantitative estimate of drug-likeness (QED) is 0.742. The fourth-order valence-electron chi connectivity index (χ4n) is 4.40. The lowest BCUT2D eigenvalue weighted by atomic mass is 9.57. The van der Waals surface area contributed by atoms with E-state index in [1.165, 1.54) is 5.57 Å². The van der Waals surface area contributed by atoms with E-state index in [1.54, 1.807) is 0 Å². The van der Waals surface area contributed by atoms with Gasteiger partial charge in [-0.15, -0.1) is 0 Å². The Morgan fingerprint density at radius 1 is 1.23 bits per heavy atom. The molecule has 0 bridgehead atoms. The maximum atomic E-state index is 12.6. The molecule has 1 heterocycles. The highest BCUT2D eigenvalue weighted by atomic mass is 16.7. The third kappa shape index (κ3) is 2.81. The van der Waals surface area contributed by atoms with Crippen LogP contribution in [0.4, 0.5) is 0 Å². The summed E-state index contributed by atoms with van der Waals surface area (Å²) in [5.74, 6) is 0.697. The van der Waals surface area contributed by atoms with Crippen molar-refractivity contribution in [1.29, 1.82) is 0 Å². The van der Waals surface area contributed by atoms with Crippen molar-refractivity contribution >= 4 is 5.78 Å². The van der Waals surface area contributed by atoms with Crippen LogP contribution in [0.25, 0.3) is 0 Å². The molecule has 22 heavy (non-hydrogen) atoms. The number of carbonyl (C=O) groups excluding carboxylic acids is 1. The van der Waals surface area contributed by atoms with Crippen LogP contribution in [0.5, 0.6) is 0 Å². The van der Waals surface area contributed by atoms with E-state index in [0.29, 0.717) is 30.8 Å². The fraction of sp³-hybridized carbons (Fsp3) is 0.737. The Morgan fingerprint density at radius 3 is 2.59 bits per heavy atom. The van der Waals surface area contributed by atoms with E-state index < -0.39 is 5.79 Å². The SMILES string of the molecule is CC1=CC[C@@H]2[C@H](C(=O)C=CC2(C)C)[C@H]1CCC1(C)OCCO1. The topological polar surface area (TPSA) is 35.5 Å². The average molecular weight is 304 g/mol. The van der Waals surface area contributed by atoms with E-state index in [1.807, 2.05) is 13.0 Å². The molecule has 0 saturated carbocycles. The van der Waals surface area contributed by atoms with Crippen LogP contribution in [-0.4, -0.2) is 24.8 Å². The molecule has 2 aliphatic carbocycles. The molecule has 3 atom stereocenters. The molecule has 0 aromatic rings. The highest BCUT2D eigenvalue weighted by Crippen LogP contribution is 2.49. The molecule has 0 N–H and O–H groups in total. The van der Waals surface area contributed by atoms with Crippen LogP contribution in [0.2, 0.25) is 0 Å². The minimum absolute atomic E-state index is 0.0955. The Balaban J connectivity index is 1.79. The Kier molecular flexibility index (Phi) is 4.07. The molecule has 0 unspecified atom stereocenters. The normalized spacial score (nSPS) is 36.1.